The first kappa shape index (κ1) is 15.8. The van der Waals surface area contributed by atoms with Gasteiger partial charge in [0.05, 0.1) is 13.7 Å². The summed E-state index contributed by atoms with van der Waals surface area (Å²) in [5.74, 6) is 0.119. The van der Waals surface area contributed by atoms with E-state index in [4.69, 9.17) is 9.84 Å². The summed E-state index contributed by atoms with van der Waals surface area (Å²) in [4.78, 5) is 13.3. The van der Waals surface area contributed by atoms with Gasteiger partial charge in [-0.3, -0.25) is 9.69 Å². The van der Waals surface area contributed by atoms with Crippen LogP contribution in [0, 0.1) is 0 Å². The Labute approximate surface area is 126 Å². The van der Waals surface area contributed by atoms with Crippen LogP contribution in [0.1, 0.15) is 38.2 Å². The number of hydrogen-bond acceptors (Lipinski definition) is 3. The summed E-state index contributed by atoms with van der Waals surface area (Å²) >= 11 is 0. The molecule has 0 spiro atoms. The van der Waals surface area contributed by atoms with Gasteiger partial charge in [-0.05, 0) is 43.9 Å². The van der Waals surface area contributed by atoms with E-state index >= 15 is 0 Å². The van der Waals surface area contributed by atoms with Crippen molar-refractivity contribution in [2.75, 3.05) is 13.7 Å². The summed E-state index contributed by atoms with van der Waals surface area (Å²) < 4.78 is 5.17. The maximum atomic E-state index is 11.1. The number of methoxy groups -OCH3 is 1. The molecule has 4 heteroatoms. The van der Waals surface area contributed by atoms with E-state index in [0.29, 0.717) is 6.04 Å². The van der Waals surface area contributed by atoms with Gasteiger partial charge in [0, 0.05) is 12.1 Å². The van der Waals surface area contributed by atoms with Crippen LogP contribution in [0.15, 0.2) is 24.3 Å². The number of hydrogen-bond donors (Lipinski definition) is 1. The molecule has 116 valence electrons. The third-order valence-electron chi connectivity index (χ3n) is 4.37. The van der Waals surface area contributed by atoms with E-state index in [9.17, 15) is 4.79 Å². The highest BCUT2D eigenvalue weighted by Crippen LogP contribution is 2.26. The van der Waals surface area contributed by atoms with Crippen molar-refractivity contribution in [2.45, 2.75) is 51.1 Å². The molecule has 0 heterocycles. The van der Waals surface area contributed by atoms with Crippen molar-refractivity contribution in [2.24, 2.45) is 0 Å². The molecule has 1 atom stereocenters. The smallest absolute Gasteiger partial charge is 0.317 e. The van der Waals surface area contributed by atoms with Crippen molar-refractivity contribution in [1.82, 2.24) is 4.90 Å². The molecule has 0 radical (unpaired) electrons. The Morgan fingerprint density at radius 1 is 1.33 bits per heavy atom. The molecule has 0 amide bonds. The molecule has 0 saturated heterocycles. The first-order valence-electron chi connectivity index (χ1n) is 7.70. The van der Waals surface area contributed by atoms with E-state index < -0.39 is 5.97 Å². The fraction of sp³-hybridized carbons (Fsp3) is 0.588. The predicted molar refractivity (Wildman–Crippen MR) is 82.8 cm³/mol. The van der Waals surface area contributed by atoms with Crippen molar-refractivity contribution in [3.63, 3.8) is 0 Å². The average Bonchev–Trinajstić information content (AvgIpc) is 2.99. The zero-order valence-electron chi connectivity index (χ0n) is 12.9. The average molecular weight is 291 g/mol. The standard InChI is InChI=1S/C17H25NO3/c1-13(11-14-7-9-16(21-2)10-8-14)18(12-17(19)20)15-5-3-4-6-15/h7-10,13,15H,3-6,11-12H2,1-2H3,(H,19,20). The largest absolute Gasteiger partial charge is 0.497 e. The highest BCUT2D eigenvalue weighted by molar-refractivity contribution is 5.69. The molecule has 0 bridgehead atoms. The van der Waals surface area contributed by atoms with Crippen LogP contribution in [-0.2, 0) is 11.2 Å². The first-order chi connectivity index (χ1) is 10.1. The van der Waals surface area contributed by atoms with Gasteiger partial charge in [0.2, 0.25) is 0 Å². The number of ether oxygens (including phenoxy) is 1. The molecule has 0 aliphatic heterocycles. The fourth-order valence-electron chi connectivity index (χ4n) is 3.26. The van der Waals surface area contributed by atoms with Crippen molar-refractivity contribution in [3.8, 4) is 5.75 Å². The quantitative estimate of drug-likeness (QED) is 0.839. The monoisotopic (exact) mass is 291 g/mol. The molecule has 1 fully saturated rings. The van der Waals surface area contributed by atoms with Gasteiger partial charge in [0.15, 0.2) is 0 Å². The summed E-state index contributed by atoms with van der Waals surface area (Å²) in [6.45, 7) is 2.27. The van der Waals surface area contributed by atoms with Crippen molar-refractivity contribution < 1.29 is 14.6 Å². The second-order valence-electron chi connectivity index (χ2n) is 5.91. The van der Waals surface area contributed by atoms with Gasteiger partial charge in [-0.25, -0.2) is 0 Å². The summed E-state index contributed by atoms with van der Waals surface area (Å²) in [6, 6.07) is 8.69. The van der Waals surface area contributed by atoms with Gasteiger partial charge in [0.25, 0.3) is 0 Å². The Kier molecular flexibility index (Phi) is 5.62. The summed E-state index contributed by atoms with van der Waals surface area (Å²) in [5, 5.41) is 9.17. The minimum atomic E-state index is -0.733. The van der Waals surface area contributed by atoms with Crippen LogP contribution in [0.3, 0.4) is 0 Å². The Bertz CT molecular complexity index is 452. The van der Waals surface area contributed by atoms with Crippen LogP contribution < -0.4 is 4.74 Å². The summed E-state index contributed by atoms with van der Waals surface area (Å²) in [5.41, 5.74) is 1.22. The number of carboxylic acid groups (broad SMARTS) is 1. The number of carbonyl (C=O) groups is 1. The van der Waals surface area contributed by atoms with Crippen molar-refractivity contribution >= 4 is 5.97 Å². The van der Waals surface area contributed by atoms with E-state index in [1.165, 1.54) is 18.4 Å². The Morgan fingerprint density at radius 2 is 1.95 bits per heavy atom. The number of aliphatic carboxylic acids is 1. The maximum Gasteiger partial charge on any atom is 0.317 e. The second kappa shape index (κ2) is 7.46. The molecule has 21 heavy (non-hydrogen) atoms. The molecular weight excluding hydrogens is 266 g/mol. The van der Waals surface area contributed by atoms with Gasteiger partial charge >= 0.3 is 5.97 Å². The number of nitrogens with zero attached hydrogens (tertiary/aromatic N) is 1. The predicted octanol–water partition coefficient (Wildman–Crippen LogP) is 2.96. The Morgan fingerprint density at radius 3 is 2.48 bits per heavy atom. The maximum absolute atomic E-state index is 11.1. The molecule has 1 aromatic rings. The highest BCUT2D eigenvalue weighted by Gasteiger charge is 2.28. The molecular formula is C17H25NO3. The van der Waals surface area contributed by atoms with Crippen LogP contribution in [0.4, 0.5) is 0 Å². The molecule has 1 aliphatic rings. The van der Waals surface area contributed by atoms with Crippen LogP contribution in [0.2, 0.25) is 0 Å². The number of carboxylic acids is 1. The number of rotatable bonds is 7. The second-order valence-corrected chi connectivity index (χ2v) is 5.91. The van der Waals surface area contributed by atoms with E-state index in [1.807, 2.05) is 12.1 Å². The van der Waals surface area contributed by atoms with Crippen LogP contribution in [-0.4, -0.2) is 41.7 Å². The molecule has 4 nitrogen and oxygen atoms in total. The minimum absolute atomic E-state index is 0.141. The van der Waals surface area contributed by atoms with E-state index in [1.54, 1.807) is 7.11 Å². The Balaban J connectivity index is 2.02. The molecule has 2 rings (SSSR count). The highest BCUT2D eigenvalue weighted by atomic mass is 16.5. The lowest BCUT2D eigenvalue weighted by molar-refractivity contribution is -0.139. The lowest BCUT2D eigenvalue weighted by Crippen LogP contribution is -2.44. The minimum Gasteiger partial charge on any atom is -0.497 e. The first-order valence-corrected chi connectivity index (χ1v) is 7.70. The Hall–Kier alpha value is -1.55. The topological polar surface area (TPSA) is 49.8 Å². The van der Waals surface area contributed by atoms with Gasteiger partial charge in [-0.1, -0.05) is 25.0 Å². The van der Waals surface area contributed by atoms with Crippen molar-refractivity contribution in [3.05, 3.63) is 29.8 Å². The lowest BCUT2D eigenvalue weighted by atomic mass is 10.0. The molecule has 0 aromatic heterocycles. The van der Waals surface area contributed by atoms with Gasteiger partial charge in [0.1, 0.15) is 5.75 Å². The van der Waals surface area contributed by atoms with E-state index in [0.717, 1.165) is 25.0 Å². The summed E-state index contributed by atoms with van der Waals surface area (Å²) in [6.07, 6.45) is 5.56. The van der Waals surface area contributed by atoms with Gasteiger partial charge < -0.3 is 9.84 Å². The van der Waals surface area contributed by atoms with Gasteiger partial charge in [-0.15, -0.1) is 0 Å². The van der Waals surface area contributed by atoms with Gasteiger partial charge in [-0.2, -0.15) is 0 Å². The fourth-order valence-corrected chi connectivity index (χ4v) is 3.26. The molecule has 1 saturated carbocycles. The zero-order valence-corrected chi connectivity index (χ0v) is 12.9. The van der Waals surface area contributed by atoms with E-state index in [2.05, 4.69) is 24.0 Å². The third kappa shape index (κ3) is 4.46. The van der Waals surface area contributed by atoms with Crippen molar-refractivity contribution in [1.29, 1.82) is 0 Å². The molecule has 1 aliphatic carbocycles. The van der Waals surface area contributed by atoms with Crippen LogP contribution in [0.5, 0.6) is 5.75 Å². The SMILES string of the molecule is COc1ccc(CC(C)N(CC(=O)O)C2CCCC2)cc1. The van der Waals surface area contributed by atoms with Crippen LogP contribution in [0.25, 0.3) is 0 Å². The molecule has 1 N–H and O–H groups in total. The molecule has 1 unspecified atom stereocenters. The normalized spacial score (nSPS) is 17.1. The van der Waals surface area contributed by atoms with E-state index in [-0.39, 0.29) is 12.6 Å². The lowest BCUT2D eigenvalue weighted by Gasteiger charge is -2.33. The molecule has 1 aromatic carbocycles. The summed E-state index contributed by atoms with van der Waals surface area (Å²) in [7, 11) is 1.66. The zero-order chi connectivity index (χ0) is 15.2. The number of benzene rings is 1. The third-order valence-corrected chi connectivity index (χ3v) is 4.37. The van der Waals surface area contributed by atoms with Crippen LogP contribution >= 0.6 is 0 Å².